The summed E-state index contributed by atoms with van der Waals surface area (Å²) in [5.74, 6) is -4.13. The summed E-state index contributed by atoms with van der Waals surface area (Å²) in [6.45, 7) is -1.33. The van der Waals surface area contributed by atoms with Crippen LogP contribution in [0, 0.1) is 10.8 Å². The molecule has 0 aromatic heterocycles. The molecule has 0 aromatic carbocycles. The summed E-state index contributed by atoms with van der Waals surface area (Å²) in [5.41, 5.74) is -2.19. The van der Waals surface area contributed by atoms with Crippen LogP contribution < -0.4 is 20.7 Å². The highest BCUT2D eigenvalue weighted by Gasteiger charge is 2.75. The van der Waals surface area contributed by atoms with Gasteiger partial charge in [0.15, 0.2) is 23.7 Å². The van der Waals surface area contributed by atoms with Crippen LogP contribution in [0.25, 0.3) is 0 Å². The third-order valence-corrected chi connectivity index (χ3v) is 5.59. The first-order valence-electron chi connectivity index (χ1n) is 7.85. The predicted molar refractivity (Wildman–Crippen MR) is 91.5 cm³/mol. The number of nitrogens with zero attached hydrogens (tertiary/aromatic N) is 1. The van der Waals surface area contributed by atoms with Gasteiger partial charge in [-0.25, -0.2) is 8.98 Å². The van der Waals surface area contributed by atoms with E-state index in [2.05, 4.69) is 24.9 Å². The largest absolute Gasteiger partial charge is 0.447 e. The van der Waals surface area contributed by atoms with Crippen molar-refractivity contribution in [2.75, 3.05) is 13.2 Å². The number of ether oxygens (including phenoxy) is 1. The minimum atomic E-state index is -5.13. The number of carbonyl (C=O) groups is 1. The average Bonchev–Trinajstić information content (AvgIpc) is 2.99. The zero-order chi connectivity index (χ0) is 22.7. The van der Waals surface area contributed by atoms with Gasteiger partial charge in [-0.2, -0.15) is 21.6 Å². The van der Waals surface area contributed by atoms with E-state index in [0.717, 1.165) is 9.62 Å². The Bertz CT molecular complexity index is 998. The van der Waals surface area contributed by atoms with Crippen molar-refractivity contribution in [3.05, 3.63) is 0 Å². The van der Waals surface area contributed by atoms with Gasteiger partial charge in [0.05, 0.1) is 18.6 Å². The molecule has 3 aliphatic rings. The third kappa shape index (κ3) is 3.68. The Hall–Kier alpha value is -2.49. The van der Waals surface area contributed by atoms with Crippen molar-refractivity contribution in [2.45, 2.75) is 29.6 Å². The number of hydrogen-bond acceptors (Lipinski definition) is 11. The molecule has 3 aliphatic heterocycles. The van der Waals surface area contributed by atoms with Crippen LogP contribution in [-0.2, 0) is 29.6 Å². The number of aliphatic hydroxyl groups is 2. The highest BCUT2D eigenvalue weighted by Crippen LogP contribution is 2.44. The molecule has 1 unspecified atom stereocenters. The fourth-order valence-electron chi connectivity index (χ4n) is 3.68. The van der Waals surface area contributed by atoms with Gasteiger partial charge in [-0.15, -0.1) is 0 Å². The van der Waals surface area contributed by atoms with Gasteiger partial charge in [0.2, 0.25) is 5.79 Å². The van der Waals surface area contributed by atoms with E-state index in [4.69, 9.17) is 19.9 Å². The van der Waals surface area contributed by atoms with Gasteiger partial charge < -0.3 is 35.8 Å². The van der Waals surface area contributed by atoms with Crippen molar-refractivity contribution in [3.8, 4) is 0 Å². The Kier molecular flexibility index (Phi) is 5.00. The summed E-state index contributed by atoms with van der Waals surface area (Å²) in [5, 5.41) is 44.7. The Morgan fingerprint density at radius 2 is 1.87 bits per heavy atom. The summed E-state index contributed by atoms with van der Waals surface area (Å²) >= 11 is 0. The summed E-state index contributed by atoms with van der Waals surface area (Å²) in [7, 11) is -10.0. The zero-order valence-corrected chi connectivity index (χ0v) is 16.2. The van der Waals surface area contributed by atoms with E-state index in [9.17, 15) is 31.8 Å². The molecule has 20 heteroatoms. The highest BCUT2D eigenvalue weighted by atomic mass is 32.3. The lowest BCUT2D eigenvalue weighted by Crippen LogP contribution is -2.81. The monoisotopic (exact) mass is 475 g/mol. The number of hydrogen-bond donors (Lipinski definition) is 10. The third-order valence-electron chi connectivity index (χ3n) is 4.69. The van der Waals surface area contributed by atoms with Gasteiger partial charge in [0, 0.05) is 0 Å². The maximum atomic E-state index is 11.4. The van der Waals surface area contributed by atoms with Gasteiger partial charge in [-0.05, 0) is 0 Å². The number of nitrogens with one attached hydrogen (secondary N) is 6. The molecule has 30 heavy (non-hydrogen) atoms. The summed E-state index contributed by atoms with van der Waals surface area (Å²) < 4.78 is 71.0. The molecule has 170 valence electrons. The first-order valence-corrected chi connectivity index (χ1v) is 10.7. The summed E-state index contributed by atoms with van der Waals surface area (Å²) in [4.78, 5) is 12.4. The van der Waals surface area contributed by atoms with Crippen LogP contribution in [0.4, 0.5) is 4.79 Å². The molecule has 3 saturated heterocycles. The Balaban J connectivity index is 1.90. The van der Waals surface area contributed by atoms with Gasteiger partial charge >= 0.3 is 26.8 Å². The Morgan fingerprint density at radius 1 is 1.23 bits per heavy atom. The smallest absolute Gasteiger partial charge is 0.422 e. The highest BCUT2D eigenvalue weighted by molar-refractivity contribution is 7.84. The van der Waals surface area contributed by atoms with Crippen molar-refractivity contribution >= 4 is 38.7 Å². The van der Waals surface area contributed by atoms with Gasteiger partial charge in [-0.1, -0.05) is 0 Å². The lowest BCUT2D eigenvalue weighted by molar-refractivity contribution is -0.254. The fourth-order valence-corrected chi connectivity index (χ4v) is 4.44. The molecule has 10 N–H and O–H groups in total. The molecular formula is C10H17N7O11S2. The molecule has 0 radical (unpaired) electrons. The van der Waals surface area contributed by atoms with Crippen molar-refractivity contribution < 1.29 is 49.9 Å². The predicted octanol–water partition coefficient (Wildman–Crippen LogP) is -5.20. The van der Waals surface area contributed by atoms with E-state index in [-0.39, 0.29) is 0 Å². The molecule has 18 nitrogen and oxygen atoms in total. The van der Waals surface area contributed by atoms with E-state index in [0.29, 0.717) is 0 Å². The summed E-state index contributed by atoms with van der Waals surface area (Å²) in [6, 6.07) is -2.48. The van der Waals surface area contributed by atoms with E-state index >= 15 is 0 Å². The topological polar surface area (TPSA) is 284 Å². The van der Waals surface area contributed by atoms with Crippen LogP contribution in [0.5, 0.6) is 0 Å². The number of rotatable bonds is 5. The molecule has 3 heterocycles. The van der Waals surface area contributed by atoms with Gasteiger partial charge in [0.1, 0.15) is 6.61 Å². The fraction of sp³-hybridized carbons (Fsp3) is 0.700. The second kappa shape index (κ2) is 6.76. The normalized spacial score (nSPS) is 32.4. The second-order valence-corrected chi connectivity index (χ2v) is 8.71. The maximum Gasteiger partial charge on any atom is 0.422 e. The lowest BCUT2D eigenvalue weighted by atomic mass is 9.85. The van der Waals surface area contributed by atoms with Crippen LogP contribution in [0.3, 0.4) is 0 Å². The van der Waals surface area contributed by atoms with E-state index < -0.39 is 81.5 Å². The zero-order valence-electron chi connectivity index (χ0n) is 14.6. The number of amides is 1. The molecule has 0 aromatic rings. The Labute approximate surface area is 168 Å². The molecule has 4 atom stereocenters. The molecule has 1 amide bonds. The second-order valence-electron chi connectivity index (χ2n) is 6.51. The molecule has 3 rings (SSSR count). The van der Waals surface area contributed by atoms with Crippen LogP contribution in [-0.4, -0.2) is 102 Å². The average molecular weight is 475 g/mol. The molecule has 0 bridgehead atoms. The van der Waals surface area contributed by atoms with E-state index in [1.807, 2.05) is 0 Å². The molecule has 3 fully saturated rings. The van der Waals surface area contributed by atoms with Crippen LogP contribution in [0.1, 0.15) is 0 Å². The molecule has 1 spiro atoms. The molecular weight excluding hydrogens is 458 g/mol. The first kappa shape index (κ1) is 22.2. The Morgan fingerprint density at radius 3 is 2.43 bits per heavy atom. The van der Waals surface area contributed by atoms with Crippen molar-refractivity contribution in [2.24, 2.45) is 0 Å². The van der Waals surface area contributed by atoms with Crippen molar-refractivity contribution in [3.63, 3.8) is 0 Å². The van der Waals surface area contributed by atoms with Crippen molar-refractivity contribution in [1.29, 1.82) is 10.8 Å². The van der Waals surface area contributed by atoms with Gasteiger partial charge in [0.25, 0.3) is 0 Å². The standard InChI is InChI=1S/C10H17N7O11S2/c11-6-14-5-3(2-27-8(18)16-29(21,22)23)13-7(12)17-1-4(28-30(24,25)26)10(19,20)9(5,17)15-6/h3-5,19-20H,1-2H2,(H2,12,13)(H,16,18)(H3,11,14,15)(H,21,22,23)(H,24,25,26)/t3-,4+,5-,9?/m0/s1. The minimum Gasteiger partial charge on any atom is -0.447 e. The summed E-state index contributed by atoms with van der Waals surface area (Å²) in [6.07, 6.45) is -3.58. The number of guanidine groups is 2. The minimum absolute atomic E-state index is 0.478. The molecule has 0 aliphatic carbocycles. The van der Waals surface area contributed by atoms with Crippen LogP contribution in [0.2, 0.25) is 0 Å². The SMILES string of the molecule is N=C1N[C@H]2[C@H](COC(=O)NS(=O)(=O)O)NC(=N)N3C[C@@H](OS(=O)(=O)O)C(O)(O)C23N1. The van der Waals surface area contributed by atoms with E-state index in [1.165, 1.54) is 0 Å². The molecule has 0 saturated carbocycles. The van der Waals surface area contributed by atoms with Crippen molar-refractivity contribution in [1.82, 2.24) is 25.6 Å². The quantitative estimate of drug-likeness (QED) is 0.131. The van der Waals surface area contributed by atoms with E-state index in [1.54, 1.807) is 0 Å². The van der Waals surface area contributed by atoms with Gasteiger partial charge in [-0.3, -0.25) is 19.9 Å². The lowest BCUT2D eigenvalue weighted by Gasteiger charge is -2.50. The van der Waals surface area contributed by atoms with Crippen LogP contribution in [0.15, 0.2) is 0 Å². The first-order chi connectivity index (χ1) is 13.6. The maximum absolute atomic E-state index is 11.4. The number of carbonyl (C=O) groups excluding carboxylic acids is 1. The van der Waals surface area contributed by atoms with Crippen LogP contribution >= 0.6 is 0 Å².